The van der Waals surface area contributed by atoms with E-state index in [1.807, 2.05) is 45.9 Å². The molecular formula is C16H18Br2O3. The molecule has 1 aromatic carbocycles. The number of ether oxygens (including phenoxy) is 1. The first-order valence-electron chi connectivity index (χ1n) is 6.71. The van der Waals surface area contributed by atoms with E-state index in [4.69, 9.17) is 9.15 Å². The summed E-state index contributed by atoms with van der Waals surface area (Å²) < 4.78 is 12.1. The molecule has 0 N–H and O–H groups in total. The van der Waals surface area contributed by atoms with Crippen LogP contribution in [0.5, 0.6) is 0 Å². The Kier molecular flexibility index (Phi) is 4.83. The van der Waals surface area contributed by atoms with Gasteiger partial charge in [0.15, 0.2) is 0 Å². The Balaban J connectivity index is 2.27. The van der Waals surface area contributed by atoms with E-state index in [1.54, 1.807) is 0 Å². The smallest absolute Gasteiger partial charge is 0.311 e. The number of fused-ring (bicyclic) bond motifs is 1. The van der Waals surface area contributed by atoms with Crippen molar-refractivity contribution in [3.05, 3.63) is 34.0 Å². The van der Waals surface area contributed by atoms with Gasteiger partial charge in [-0.3, -0.25) is 4.79 Å². The van der Waals surface area contributed by atoms with Crippen molar-refractivity contribution >= 4 is 48.8 Å². The number of halogens is 2. The number of carbonyl (C=O) groups excluding carboxylic acids is 1. The third kappa shape index (κ3) is 3.89. The molecular weight excluding hydrogens is 400 g/mol. The fourth-order valence-corrected chi connectivity index (χ4v) is 2.75. The van der Waals surface area contributed by atoms with Gasteiger partial charge in [0, 0.05) is 20.2 Å². The fourth-order valence-electron chi connectivity index (χ4n) is 1.92. The van der Waals surface area contributed by atoms with Crippen molar-refractivity contribution in [1.29, 1.82) is 0 Å². The third-order valence-electron chi connectivity index (χ3n) is 3.05. The molecule has 0 amide bonds. The Labute approximate surface area is 141 Å². The maximum absolute atomic E-state index is 11.8. The molecule has 0 radical (unpaired) electrons. The lowest BCUT2D eigenvalue weighted by molar-refractivity contribution is -0.154. The normalized spacial score (nSPS) is 13.4. The zero-order valence-corrected chi connectivity index (χ0v) is 15.7. The summed E-state index contributed by atoms with van der Waals surface area (Å²) in [6.45, 7) is 7.68. The van der Waals surface area contributed by atoms with Crippen molar-refractivity contribution in [2.24, 2.45) is 5.41 Å². The Bertz CT molecular complexity index is 666. The Morgan fingerprint density at radius 1 is 1.33 bits per heavy atom. The lowest BCUT2D eigenvalue weighted by atomic mass is 9.97. The summed E-state index contributed by atoms with van der Waals surface area (Å²) in [5.74, 6) is 0.410. The Morgan fingerprint density at radius 2 is 2.00 bits per heavy atom. The van der Waals surface area contributed by atoms with Crippen LogP contribution in [-0.4, -0.2) is 5.97 Å². The molecule has 1 unspecified atom stereocenters. The molecule has 1 heterocycles. The first kappa shape index (κ1) is 16.6. The van der Waals surface area contributed by atoms with Gasteiger partial charge in [0.2, 0.25) is 0 Å². The lowest BCUT2D eigenvalue weighted by Crippen LogP contribution is -2.22. The van der Waals surface area contributed by atoms with E-state index in [0.29, 0.717) is 5.76 Å². The molecule has 1 atom stereocenters. The van der Waals surface area contributed by atoms with Crippen LogP contribution < -0.4 is 0 Å². The number of hydrogen-bond acceptors (Lipinski definition) is 3. The van der Waals surface area contributed by atoms with Gasteiger partial charge in [0.05, 0.1) is 5.41 Å². The predicted octanol–water partition coefficient (Wildman–Crippen LogP) is 5.74. The Hall–Kier alpha value is -0.810. The molecule has 3 nitrogen and oxygen atoms in total. The molecule has 0 aliphatic heterocycles. The fraction of sp³-hybridized carbons (Fsp3) is 0.438. The van der Waals surface area contributed by atoms with Crippen molar-refractivity contribution in [2.45, 2.75) is 39.1 Å². The van der Waals surface area contributed by atoms with E-state index in [9.17, 15) is 4.79 Å². The van der Waals surface area contributed by atoms with Crippen LogP contribution in [0.2, 0.25) is 0 Å². The van der Waals surface area contributed by atoms with Gasteiger partial charge in [-0.2, -0.15) is 0 Å². The van der Waals surface area contributed by atoms with Gasteiger partial charge in [0.25, 0.3) is 0 Å². The highest BCUT2D eigenvalue weighted by molar-refractivity contribution is 9.10. The molecule has 0 aliphatic rings. The van der Waals surface area contributed by atoms with Crippen LogP contribution in [0.25, 0.3) is 11.0 Å². The quantitative estimate of drug-likeness (QED) is 0.472. The lowest BCUT2D eigenvalue weighted by Gasteiger charge is -2.15. The minimum atomic E-state index is -0.509. The molecule has 0 bridgehead atoms. The van der Waals surface area contributed by atoms with E-state index in [-0.39, 0.29) is 17.4 Å². The van der Waals surface area contributed by atoms with Gasteiger partial charge in [-0.15, -0.1) is 0 Å². The molecule has 2 aromatic rings. The molecule has 114 valence electrons. The summed E-state index contributed by atoms with van der Waals surface area (Å²) in [4.78, 5) is 12.0. The van der Waals surface area contributed by atoms with Crippen molar-refractivity contribution in [2.75, 3.05) is 0 Å². The Morgan fingerprint density at radius 3 is 2.57 bits per heavy atom. The summed E-state index contributed by atoms with van der Waals surface area (Å²) in [6.07, 6.45) is 0. The number of rotatable bonds is 3. The number of carbonyl (C=O) groups is 1. The molecule has 2 rings (SSSR count). The van der Waals surface area contributed by atoms with Gasteiger partial charge in [-0.05, 0) is 45.9 Å². The van der Waals surface area contributed by atoms with E-state index in [2.05, 4.69) is 31.9 Å². The van der Waals surface area contributed by atoms with Gasteiger partial charge in [-0.25, -0.2) is 0 Å². The summed E-state index contributed by atoms with van der Waals surface area (Å²) >= 11 is 7.07. The third-order valence-corrected chi connectivity index (χ3v) is 4.00. The average molecular weight is 418 g/mol. The van der Waals surface area contributed by atoms with E-state index < -0.39 is 5.41 Å². The van der Waals surface area contributed by atoms with Crippen LogP contribution in [0.4, 0.5) is 0 Å². The minimum absolute atomic E-state index is 0.151. The van der Waals surface area contributed by atoms with Crippen LogP contribution in [0, 0.1) is 5.41 Å². The van der Waals surface area contributed by atoms with E-state index >= 15 is 0 Å². The summed E-state index contributed by atoms with van der Waals surface area (Å²) in [5.41, 5.74) is 1.38. The van der Waals surface area contributed by atoms with Crippen LogP contribution in [0.1, 0.15) is 43.8 Å². The maximum Gasteiger partial charge on any atom is 0.311 e. The second kappa shape index (κ2) is 6.13. The van der Waals surface area contributed by atoms with Gasteiger partial charge in [0.1, 0.15) is 18.0 Å². The number of esters is 1. The van der Waals surface area contributed by atoms with Crippen LogP contribution in [0.15, 0.2) is 27.1 Å². The second-order valence-corrected chi connectivity index (χ2v) is 8.36. The SMILES string of the molecule is CC(Br)c1cc(Br)cc2cc(COC(=O)C(C)(C)C)oc12. The van der Waals surface area contributed by atoms with Crippen molar-refractivity contribution in [1.82, 2.24) is 0 Å². The monoisotopic (exact) mass is 416 g/mol. The number of benzene rings is 1. The second-order valence-electron chi connectivity index (χ2n) is 6.07. The van der Waals surface area contributed by atoms with Gasteiger partial charge in [-0.1, -0.05) is 31.9 Å². The summed E-state index contributed by atoms with van der Waals surface area (Å²) in [6, 6.07) is 5.93. The maximum atomic E-state index is 11.8. The highest BCUT2D eigenvalue weighted by atomic mass is 79.9. The van der Waals surface area contributed by atoms with Gasteiger partial charge < -0.3 is 9.15 Å². The molecule has 0 spiro atoms. The summed E-state index contributed by atoms with van der Waals surface area (Å²) in [7, 11) is 0. The predicted molar refractivity (Wildman–Crippen MR) is 90.5 cm³/mol. The molecule has 1 aromatic heterocycles. The van der Waals surface area contributed by atoms with Gasteiger partial charge >= 0.3 is 5.97 Å². The van der Waals surface area contributed by atoms with Crippen molar-refractivity contribution in [3.8, 4) is 0 Å². The number of hydrogen-bond donors (Lipinski definition) is 0. The molecule has 0 aliphatic carbocycles. The highest BCUT2D eigenvalue weighted by Gasteiger charge is 2.23. The zero-order valence-electron chi connectivity index (χ0n) is 12.5. The van der Waals surface area contributed by atoms with Crippen LogP contribution in [-0.2, 0) is 16.1 Å². The molecule has 0 saturated heterocycles. The standard InChI is InChI=1S/C16H18Br2O3/c1-9(17)13-7-11(18)5-10-6-12(21-14(10)13)8-20-15(19)16(2,3)4/h5-7,9H,8H2,1-4H3. The van der Waals surface area contributed by atoms with Crippen LogP contribution >= 0.6 is 31.9 Å². The number of furan rings is 1. The van der Waals surface area contributed by atoms with Crippen molar-refractivity contribution in [3.63, 3.8) is 0 Å². The topological polar surface area (TPSA) is 39.4 Å². The molecule has 0 fully saturated rings. The zero-order chi connectivity index (χ0) is 15.8. The first-order chi connectivity index (χ1) is 9.68. The van der Waals surface area contributed by atoms with Crippen LogP contribution in [0.3, 0.4) is 0 Å². The molecule has 21 heavy (non-hydrogen) atoms. The van der Waals surface area contributed by atoms with E-state index in [0.717, 1.165) is 21.0 Å². The largest absolute Gasteiger partial charge is 0.457 e. The van der Waals surface area contributed by atoms with Crippen molar-refractivity contribution < 1.29 is 13.9 Å². The number of alkyl halides is 1. The molecule has 5 heteroatoms. The highest BCUT2D eigenvalue weighted by Crippen LogP contribution is 2.34. The summed E-state index contributed by atoms with van der Waals surface area (Å²) in [5, 5.41) is 0.993. The average Bonchev–Trinajstić information content (AvgIpc) is 2.75. The first-order valence-corrected chi connectivity index (χ1v) is 8.42. The minimum Gasteiger partial charge on any atom is -0.457 e. The van der Waals surface area contributed by atoms with E-state index in [1.165, 1.54) is 0 Å². The molecule has 0 saturated carbocycles.